The quantitative estimate of drug-likeness (QED) is 0.288. The second-order valence-corrected chi connectivity index (χ2v) is 8.22. The first-order valence-electron chi connectivity index (χ1n) is 11.1. The maximum absolute atomic E-state index is 13.0. The molecule has 10 heteroatoms. The molecule has 10 nitrogen and oxygen atoms in total. The van der Waals surface area contributed by atoms with Gasteiger partial charge in [0.25, 0.3) is 16.8 Å². The number of para-hydroxylation sites is 1. The van der Waals surface area contributed by atoms with E-state index in [4.69, 9.17) is 9.15 Å². The van der Waals surface area contributed by atoms with E-state index >= 15 is 0 Å². The van der Waals surface area contributed by atoms with Gasteiger partial charge < -0.3 is 34.9 Å². The van der Waals surface area contributed by atoms with E-state index in [0.29, 0.717) is 18.7 Å². The molecule has 180 valence electrons. The van der Waals surface area contributed by atoms with Gasteiger partial charge >= 0.3 is 0 Å². The van der Waals surface area contributed by atoms with E-state index < -0.39 is 22.9 Å². The first-order chi connectivity index (χ1) is 16.3. The number of rotatable bonds is 8. The minimum Gasteiger partial charge on any atom is -0.505 e. The van der Waals surface area contributed by atoms with Crippen molar-refractivity contribution < 1.29 is 24.2 Å². The Morgan fingerprint density at radius 2 is 1.97 bits per heavy atom. The molecule has 1 amide bonds. The maximum Gasteiger partial charge on any atom is 0.257 e. The number of amides is 1. The highest BCUT2D eigenvalue weighted by Crippen LogP contribution is 2.34. The summed E-state index contributed by atoms with van der Waals surface area (Å²) in [6.07, 6.45) is 0.123. The Hall–Kier alpha value is -3.63. The first-order valence-corrected chi connectivity index (χ1v) is 11.1. The van der Waals surface area contributed by atoms with Crippen LogP contribution in [0.5, 0.6) is 5.75 Å². The summed E-state index contributed by atoms with van der Waals surface area (Å²) in [7, 11) is 0. The van der Waals surface area contributed by atoms with Crippen LogP contribution in [0.15, 0.2) is 44.3 Å². The molecule has 1 fully saturated rings. The van der Waals surface area contributed by atoms with Gasteiger partial charge in [0.15, 0.2) is 5.75 Å². The Balaban J connectivity index is 1.56. The molecular weight excluding hydrogens is 442 g/mol. The predicted octanol–water partition coefficient (Wildman–Crippen LogP) is 2.03. The van der Waals surface area contributed by atoms with Crippen molar-refractivity contribution in [2.45, 2.75) is 32.4 Å². The zero-order chi connectivity index (χ0) is 24.4. The molecule has 1 aliphatic heterocycles. The van der Waals surface area contributed by atoms with E-state index in [1.807, 2.05) is 26.0 Å². The SMILES string of the molecule is CC[C@@H](Nc1c(Nc2cccc(C(=O)N3CCOC(CO)C3)c2O)c(=O)c1=O)c1ccc(C)o1. The van der Waals surface area contributed by atoms with Crippen molar-refractivity contribution in [3.05, 3.63) is 67.9 Å². The summed E-state index contributed by atoms with van der Waals surface area (Å²) < 4.78 is 11.0. The van der Waals surface area contributed by atoms with E-state index in [9.17, 15) is 24.6 Å². The molecule has 2 heterocycles. The Morgan fingerprint density at radius 1 is 1.21 bits per heavy atom. The van der Waals surface area contributed by atoms with Crippen molar-refractivity contribution in [1.29, 1.82) is 0 Å². The minimum absolute atomic E-state index is 0.0124. The lowest BCUT2D eigenvalue weighted by atomic mass is 10.1. The van der Waals surface area contributed by atoms with E-state index in [1.54, 1.807) is 6.07 Å². The summed E-state index contributed by atoms with van der Waals surface area (Å²) in [5.41, 5.74) is -1.12. The van der Waals surface area contributed by atoms with Crippen molar-refractivity contribution >= 4 is 23.0 Å². The lowest BCUT2D eigenvalue weighted by Crippen LogP contribution is -2.46. The Morgan fingerprint density at radius 3 is 2.65 bits per heavy atom. The number of hydrogen-bond donors (Lipinski definition) is 4. The van der Waals surface area contributed by atoms with Crippen LogP contribution in [0.3, 0.4) is 0 Å². The molecule has 2 atom stereocenters. The number of carbonyl (C=O) groups is 1. The van der Waals surface area contributed by atoms with Crippen LogP contribution in [0.1, 0.15) is 41.3 Å². The van der Waals surface area contributed by atoms with E-state index in [1.165, 1.54) is 17.0 Å². The van der Waals surface area contributed by atoms with Gasteiger partial charge in [0.1, 0.15) is 22.9 Å². The number of nitrogens with one attached hydrogen (secondary N) is 2. The molecule has 3 aromatic rings. The first kappa shape index (κ1) is 23.5. The third-order valence-corrected chi connectivity index (χ3v) is 5.90. The molecule has 0 bridgehead atoms. The molecule has 34 heavy (non-hydrogen) atoms. The number of aliphatic hydroxyl groups excluding tert-OH is 1. The average Bonchev–Trinajstić information content (AvgIpc) is 3.29. The number of hydrogen-bond acceptors (Lipinski definition) is 9. The van der Waals surface area contributed by atoms with Gasteiger partial charge in [0.2, 0.25) is 0 Å². The van der Waals surface area contributed by atoms with Crippen LogP contribution in [0.4, 0.5) is 17.1 Å². The number of morpholine rings is 1. The zero-order valence-electron chi connectivity index (χ0n) is 19.0. The second-order valence-electron chi connectivity index (χ2n) is 8.22. The fourth-order valence-electron chi connectivity index (χ4n) is 3.97. The van der Waals surface area contributed by atoms with Crippen molar-refractivity contribution in [3.63, 3.8) is 0 Å². The second kappa shape index (κ2) is 9.70. The highest BCUT2D eigenvalue weighted by molar-refractivity contribution is 5.99. The largest absolute Gasteiger partial charge is 0.505 e. The number of phenolic OH excluding ortho intramolecular Hbond substituents is 1. The Bertz CT molecular complexity index is 1260. The monoisotopic (exact) mass is 469 g/mol. The summed E-state index contributed by atoms with van der Waals surface area (Å²) in [6.45, 7) is 4.32. The number of aromatic hydroxyl groups is 1. The number of aryl methyl sites for hydroxylation is 1. The van der Waals surface area contributed by atoms with Crippen LogP contribution >= 0.6 is 0 Å². The molecule has 4 rings (SSSR count). The third kappa shape index (κ3) is 4.42. The lowest BCUT2D eigenvalue weighted by Gasteiger charge is -2.32. The lowest BCUT2D eigenvalue weighted by molar-refractivity contribution is -0.0447. The summed E-state index contributed by atoms with van der Waals surface area (Å²) >= 11 is 0. The smallest absolute Gasteiger partial charge is 0.257 e. The van der Waals surface area contributed by atoms with E-state index in [0.717, 1.165) is 5.76 Å². The molecule has 0 saturated carbocycles. The molecule has 2 aromatic carbocycles. The molecular formula is C24H27N3O7. The molecule has 0 radical (unpaired) electrons. The minimum atomic E-state index is -0.719. The fourth-order valence-corrected chi connectivity index (χ4v) is 3.97. The molecule has 1 aromatic heterocycles. The van der Waals surface area contributed by atoms with Crippen molar-refractivity contribution in [2.75, 3.05) is 36.9 Å². The van der Waals surface area contributed by atoms with Gasteiger partial charge in [-0.25, -0.2) is 0 Å². The Labute approximate surface area is 195 Å². The normalized spacial score (nSPS) is 17.0. The number of furan rings is 1. The topological polar surface area (TPSA) is 141 Å². The van der Waals surface area contributed by atoms with Crippen LogP contribution in [0.25, 0.3) is 0 Å². The molecule has 4 N–H and O–H groups in total. The molecule has 1 aliphatic rings. The van der Waals surface area contributed by atoms with Crippen LogP contribution in [-0.4, -0.2) is 53.4 Å². The predicted molar refractivity (Wildman–Crippen MR) is 126 cm³/mol. The number of carbonyl (C=O) groups excluding carboxylic acids is 1. The van der Waals surface area contributed by atoms with Gasteiger partial charge in [-0.15, -0.1) is 0 Å². The highest BCUT2D eigenvalue weighted by atomic mass is 16.5. The van der Waals surface area contributed by atoms with Gasteiger partial charge in [0, 0.05) is 13.1 Å². The number of phenols is 1. The van der Waals surface area contributed by atoms with Gasteiger partial charge in [-0.1, -0.05) is 13.0 Å². The summed E-state index contributed by atoms with van der Waals surface area (Å²) in [4.78, 5) is 39.0. The van der Waals surface area contributed by atoms with Gasteiger partial charge in [-0.3, -0.25) is 14.4 Å². The molecule has 1 unspecified atom stereocenters. The highest BCUT2D eigenvalue weighted by Gasteiger charge is 2.29. The van der Waals surface area contributed by atoms with Crippen molar-refractivity contribution in [3.8, 4) is 5.75 Å². The average molecular weight is 469 g/mol. The van der Waals surface area contributed by atoms with Crippen molar-refractivity contribution in [2.24, 2.45) is 0 Å². The van der Waals surface area contributed by atoms with Gasteiger partial charge in [-0.05, 0) is 37.6 Å². The fraction of sp³-hybridized carbons (Fsp3) is 0.375. The molecule has 0 aliphatic carbocycles. The van der Waals surface area contributed by atoms with E-state index in [2.05, 4.69) is 10.6 Å². The zero-order valence-corrected chi connectivity index (χ0v) is 19.0. The molecule has 1 saturated heterocycles. The summed E-state index contributed by atoms with van der Waals surface area (Å²) in [6, 6.07) is 7.86. The standard InChI is InChI=1S/C24H27N3O7/c1-3-16(18-8-7-13(2)34-18)25-19-20(23(31)22(19)30)26-17-6-4-5-15(21(17)29)24(32)27-9-10-33-14(11-27)12-28/h4-8,14,16,25-26,28-29H,3,9-12H2,1-2H3/t14?,16-/m1/s1. The number of benzene rings is 1. The van der Waals surface area contributed by atoms with E-state index in [-0.39, 0.29) is 54.2 Å². The summed E-state index contributed by atoms with van der Waals surface area (Å²) in [5, 5.41) is 26.0. The Kier molecular flexibility index (Phi) is 6.71. The van der Waals surface area contributed by atoms with Crippen LogP contribution in [-0.2, 0) is 4.74 Å². The maximum atomic E-state index is 13.0. The number of nitrogens with zero attached hydrogens (tertiary/aromatic N) is 1. The van der Waals surface area contributed by atoms with Crippen molar-refractivity contribution in [1.82, 2.24) is 4.90 Å². The number of ether oxygens (including phenoxy) is 1. The number of aliphatic hydroxyl groups is 1. The number of anilines is 3. The summed E-state index contributed by atoms with van der Waals surface area (Å²) in [5.74, 6) is 0.606. The van der Waals surface area contributed by atoms with Gasteiger partial charge in [-0.2, -0.15) is 0 Å². The third-order valence-electron chi connectivity index (χ3n) is 5.90. The molecule has 0 spiro atoms. The van der Waals surface area contributed by atoms with Crippen LogP contribution < -0.4 is 21.5 Å². The van der Waals surface area contributed by atoms with Gasteiger partial charge in [0.05, 0.1) is 36.6 Å². The van der Waals surface area contributed by atoms with Crippen LogP contribution in [0.2, 0.25) is 0 Å². The van der Waals surface area contributed by atoms with Crippen LogP contribution in [0, 0.1) is 6.92 Å².